The van der Waals surface area contributed by atoms with Crippen molar-refractivity contribution >= 4 is 17.0 Å². The summed E-state index contributed by atoms with van der Waals surface area (Å²) in [5.41, 5.74) is 3.25. The minimum atomic E-state index is -0.408. The Kier molecular flexibility index (Phi) is 5.57. The van der Waals surface area contributed by atoms with Crippen molar-refractivity contribution in [2.75, 3.05) is 33.2 Å². The molecule has 8 heteroatoms. The molecule has 0 unspecified atom stereocenters. The summed E-state index contributed by atoms with van der Waals surface area (Å²) in [6.45, 7) is 4.80. The SMILES string of the molecule is CN1CCN(Cc2ccc(-c3csc(-c4cccc([N+](=O)[O-])c4)n3)cc2O)CC1. The number of aromatic hydroxyl groups is 1. The zero-order chi connectivity index (χ0) is 20.4. The van der Waals surface area contributed by atoms with Crippen LogP contribution in [0.3, 0.4) is 0 Å². The van der Waals surface area contributed by atoms with Gasteiger partial charge in [0.1, 0.15) is 10.8 Å². The van der Waals surface area contributed by atoms with Crippen LogP contribution < -0.4 is 0 Å². The normalized spacial score (nSPS) is 15.5. The predicted octanol–water partition coefficient (Wildman–Crippen LogP) is 3.84. The summed E-state index contributed by atoms with van der Waals surface area (Å²) in [5, 5.41) is 24.1. The highest BCUT2D eigenvalue weighted by Crippen LogP contribution is 2.33. The van der Waals surface area contributed by atoms with Gasteiger partial charge in [-0.15, -0.1) is 11.3 Å². The maximum absolute atomic E-state index is 11.0. The van der Waals surface area contributed by atoms with Crippen LogP contribution in [0.5, 0.6) is 5.75 Å². The van der Waals surface area contributed by atoms with Crippen molar-refractivity contribution in [3.05, 3.63) is 63.5 Å². The Morgan fingerprint density at radius 2 is 1.93 bits per heavy atom. The van der Waals surface area contributed by atoms with Crippen LogP contribution in [0.25, 0.3) is 21.8 Å². The van der Waals surface area contributed by atoms with Gasteiger partial charge in [0, 0.05) is 66.9 Å². The molecule has 1 aromatic heterocycles. The van der Waals surface area contributed by atoms with E-state index in [-0.39, 0.29) is 11.4 Å². The molecule has 0 saturated carbocycles. The zero-order valence-corrected chi connectivity index (χ0v) is 16.9. The molecule has 29 heavy (non-hydrogen) atoms. The molecule has 1 saturated heterocycles. The van der Waals surface area contributed by atoms with Gasteiger partial charge >= 0.3 is 0 Å². The van der Waals surface area contributed by atoms with Gasteiger partial charge in [0.05, 0.1) is 10.6 Å². The highest BCUT2D eigenvalue weighted by atomic mass is 32.1. The summed E-state index contributed by atoms with van der Waals surface area (Å²) in [6, 6.07) is 12.1. The van der Waals surface area contributed by atoms with Gasteiger partial charge in [0.2, 0.25) is 0 Å². The lowest BCUT2D eigenvalue weighted by atomic mass is 10.1. The number of piperazine rings is 1. The minimum Gasteiger partial charge on any atom is -0.508 e. The maximum Gasteiger partial charge on any atom is 0.270 e. The number of hydrogen-bond acceptors (Lipinski definition) is 7. The number of phenolic OH excluding ortho intramolecular Hbond substituents is 1. The fraction of sp³-hybridized carbons (Fsp3) is 0.286. The van der Waals surface area contributed by atoms with E-state index in [0.717, 1.165) is 49.5 Å². The summed E-state index contributed by atoms with van der Waals surface area (Å²) in [5.74, 6) is 0.270. The fourth-order valence-corrected chi connectivity index (χ4v) is 4.22. The molecule has 0 atom stereocenters. The van der Waals surface area contributed by atoms with Gasteiger partial charge in [-0.2, -0.15) is 0 Å². The third-order valence-corrected chi connectivity index (χ3v) is 6.07. The molecular formula is C21H22N4O3S. The van der Waals surface area contributed by atoms with Crippen LogP contribution in [-0.2, 0) is 6.54 Å². The lowest BCUT2D eigenvalue weighted by molar-refractivity contribution is -0.384. The molecule has 3 aromatic rings. The molecule has 1 fully saturated rings. The van der Waals surface area contributed by atoms with E-state index in [2.05, 4.69) is 21.8 Å². The van der Waals surface area contributed by atoms with Crippen molar-refractivity contribution < 1.29 is 10.0 Å². The average molecular weight is 410 g/mol. The van der Waals surface area contributed by atoms with Crippen LogP contribution in [0.2, 0.25) is 0 Å². The van der Waals surface area contributed by atoms with E-state index >= 15 is 0 Å². The van der Waals surface area contributed by atoms with Crippen LogP contribution in [0.15, 0.2) is 47.8 Å². The number of thiazole rings is 1. The third-order valence-electron chi connectivity index (χ3n) is 5.18. The average Bonchev–Trinajstić information content (AvgIpc) is 3.21. The first-order chi connectivity index (χ1) is 14.0. The van der Waals surface area contributed by atoms with Crippen LogP contribution in [-0.4, -0.2) is 58.0 Å². The van der Waals surface area contributed by atoms with E-state index in [9.17, 15) is 15.2 Å². The zero-order valence-electron chi connectivity index (χ0n) is 16.1. The molecular weight excluding hydrogens is 388 g/mol. The largest absolute Gasteiger partial charge is 0.508 e. The molecule has 2 heterocycles. The summed E-state index contributed by atoms with van der Waals surface area (Å²) in [4.78, 5) is 19.9. The number of benzene rings is 2. The molecule has 1 N–H and O–H groups in total. The molecule has 0 spiro atoms. The molecule has 0 radical (unpaired) electrons. The van der Waals surface area contributed by atoms with Crippen LogP contribution in [0, 0.1) is 10.1 Å². The quantitative estimate of drug-likeness (QED) is 0.508. The monoisotopic (exact) mass is 410 g/mol. The summed E-state index contributed by atoms with van der Waals surface area (Å²) in [7, 11) is 2.12. The van der Waals surface area contributed by atoms with Crippen molar-refractivity contribution in [1.82, 2.24) is 14.8 Å². The Morgan fingerprint density at radius 3 is 2.66 bits per heavy atom. The maximum atomic E-state index is 11.0. The predicted molar refractivity (Wildman–Crippen MR) is 114 cm³/mol. The second kappa shape index (κ2) is 8.28. The Labute approximate surface area is 173 Å². The third kappa shape index (κ3) is 4.45. The molecule has 0 aliphatic carbocycles. The Balaban J connectivity index is 1.51. The van der Waals surface area contributed by atoms with Crippen molar-refractivity contribution in [3.63, 3.8) is 0 Å². The molecule has 4 rings (SSSR count). The van der Waals surface area contributed by atoms with E-state index in [0.29, 0.717) is 10.6 Å². The number of hydrogen-bond donors (Lipinski definition) is 1. The van der Waals surface area contributed by atoms with Gasteiger partial charge in [-0.25, -0.2) is 4.98 Å². The second-order valence-corrected chi connectivity index (χ2v) is 8.13. The number of rotatable bonds is 5. The van der Waals surface area contributed by atoms with Gasteiger partial charge in [0.15, 0.2) is 0 Å². The molecule has 0 bridgehead atoms. The van der Waals surface area contributed by atoms with E-state index < -0.39 is 4.92 Å². The summed E-state index contributed by atoms with van der Waals surface area (Å²) >= 11 is 1.43. The number of non-ortho nitro benzene ring substituents is 1. The van der Waals surface area contributed by atoms with Crippen molar-refractivity contribution in [2.45, 2.75) is 6.54 Å². The number of phenols is 1. The van der Waals surface area contributed by atoms with Crippen molar-refractivity contribution in [1.29, 1.82) is 0 Å². The first-order valence-electron chi connectivity index (χ1n) is 9.43. The molecule has 150 valence electrons. The van der Waals surface area contributed by atoms with Gasteiger partial charge in [-0.3, -0.25) is 15.0 Å². The topological polar surface area (TPSA) is 82.7 Å². The molecule has 0 amide bonds. The Morgan fingerprint density at radius 1 is 1.14 bits per heavy atom. The lowest BCUT2D eigenvalue weighted by Crippen LogP contribution is -2.43. The standard InChI is InChI=1S/C21H22N4O3S/c1-23-7-9-24(10-8-23)13-17-6-5-15(12-20(17)26)19-14-29-21(22-19)16-3-2-4-18(11-16)25(27)28/h2-6,11-12,14,26H,7-10,13H2,1H3. The van der Waals surface area contributed by atoms with Crippen LogP contribution in [0.4, 0.5) is 5.69 Å². The van der Waals surface area contributed by atoms with E-state index in [1.165, 1.54) is 23.5 Å². The van der Waals surface area contributed by atoms with Crippen LogP contribution >= 0.6 is 11.3 Å². The smallest absolute Gasteiger partial charge is 0.270 e. The van der Waals surface area contributed by atoms with Gasteiger partial charge in [-0.05, 0) is 13.1 Å². The number of aromatic nitrogens is 1. The van der Waals surface area contributed by atoms with Gasteiger partial charge < -0.3 is 10.0 Å². The van der Waals surface area contributed by atoms with Crippen LogP contribution in [0.1, 0.15) is 5.56 Å². The van der Waals surface area contributed by atoms with E-state index in [1.54, 1.807) is 12.1 Å². The first-order valence-corrected chi connectivity index (χ1v) is 10.3. The molecule has 1 aliphatic rings. The fourth-order valence-electron chi connectivity index (χ4n) is 3.40. The van der Waals surface area contributed by atoms with E-state index in [1.807, 2.05) is 23.6 Å². The number of nitro groups is 1. The van der Waals surface area contributed by atoms with E-state index in [4.69, 9.17) is 0 Å². The summed E-state index contributed by atoms with van der Waals surface area (Å²) < 4.78 is 0. The Bertz CT molecular complexity index is 1030. The number of likely N-dealkylation sites (N-methyl/N-ethyl adjacent to an activating group) is 1. The number of nitrogens with zero attached hydrogens (tertiary/aromatic N) is 4. The highest BCUT2D eigenvalue weighted by Gasteiger charge is 2.16. The van der Waals surface area contributed by atoms with Crippen molar-refractivity contribution in [3.8, 4) is 27.6 Å². The van der Waals surface area contributed by atoms with Gasteiger partial charge in [0.25, 0.3) is 5.69 Å². The second-order valence-electron chi connectivity index (χ2n) is 7.27. The van der Waals surface area contributed by atoms with Crippen molar-refractivity contribution in [2.24, 2.45) is 0 Å². The highest BCUT2D eigenvalue weighted by molar-refractivity contribution is 7.13. The first kappa shape index (κ1) is 19.5. The molecule has 2 aromatic carbocycles. The molecule has 1 aliphatic heterocycles. The minimum absolute atomic E-state index is 0.0464. The molecule has 7 nitrogen and oxygen atoms in total. The Hall–Kier alpha value is -2.81. The summed E-state index contributed by atoms with van der Waals surface area (Å²) in [6.07, 6.45) is 0. The lowest BCUT2D eigenvalue weighted by Gasteiger charge is -2.32. The number of nitro benzene ring substituents is 1. The van der Waals surface area contributed by atoms with Gasteiger partial charge in [-0.1, -0.05) is 24.3 Å².